The summed E-state index contributed by atoms with van der Waals surface area (Å²) >= 11 is 3.65. The molecular formula is C51H29N3OS2. The molecule has 4 nitrogen and oxygen atoms in total. The molecule has 0 spiro atoms. The number of aromatic nitrogens is 3. The number of fused-ring (bicyclic) bond motifs is 9. The summed E-state index contributed by atoms with van der Waals surface area (Å²) in [5, 5.41) is 7.25. The van der Waals surface area contributed by atoms with Gasteiger partial charge in [-0.25, -0.2) is 15.0 Å². The predicted molar refractivity (Wildman–Crippen MR) is 240 cm³/mol. The van der Waals surface area contributed by atoms with E-state index in [0.29, 0.717) is 17.5 Å². The molecule has 0 fully saturated rings. The van der Waals surface area contributed by atoms with Crippen LogP contribution in [0.15, 0.2) is 180 Å². The Labute approximate surface area is 335 Å². The molecule has 4 aromatic heterocycles. The van der Waals surface area contributed by atoms with Gasteiger partial charge >= 0.3 is 0 Å². The SMILES string of the molecule is c1ccc(-c2nc(-c3ccccc3)nc(-c3cccc4c3sc3cc(-c5cc(-c6cccc7c6sc6ccccc67)c6c(c5)oc5ccccc56)ccc34)n2)cc1. The van der Waals surface area contributed by atoms with Gasteiger partial charge in [-0.2, -0.15) is 0 Å². The van der Waals surface area contributed by atoms with Crippen LogP contribution in [0, 0.1) is 0 Å². The molecule has 0 aliphatic rings. The van der Waals surface area contributed by atoms with Gasteiger partial charge in [0.05, 0.1) is 0 Å². The number of hydrogen-bond donors (Lipinski definition) is 0. The summed E-state index contributed by atoms with van der Waals surface area (Å²) < 4.78 is 11.6. The molecule has 57 heavy (non-hydrogen) atoms. The lowest BCUT2D eigenvalue weighted by atomic mass is 9.93. The van der Waals surface area contributed by atoms with Crippen LogP contribution in [0.25, 0.3) is 119 Å². The zero-order valence-electron chi connectivity index (χ0n) is 30.3. The van der Waals surface area contributed by atoms with Crippen LogP contribution in [0.3, 0.4) is 0 Å². The van der Waals surface area contributed by atoms with Crippen LogP contribution in [0.4, 0.5) is 0 Å². The Morgan fingerprint density at radius 3 is 1.67 bits per heavy atom. The van der Waals surface area contributed by atoms with E-state index in [1.165, 1.54) is 46.8 Å². The van der Waals surface area contributed by atoms with E-state index in [1.54, 1.807) is 11.3 Å². The molecule has 0 aliphatic carbocycles. The lowest BCUT2D eigenvalue weighted by Gasteiger charge is -2.10. The molecule has 12 aromatic rings. The molecule has 0 unspecified atom stereocenters. The van der Waals surface area contributed by atoms with E-state index in [-0.39, 0.29) is 0 Å². The lowest BCUT2D eigenvalue weighted by Crippen LogP contribution is -2.00. The Bertz CT molecular complexity index is 3470. The van der Waals surface area contributed by atoms with Gasteiger partial charge in [-0.05, 0) is 53.1 Å². The second kappa shape index (κ2) is 12.8. The highest BCUT2D eigenvalue weighted by Crippen LogP contribution is 2.47. The van der Waals surface area contributed by atoms with Crippen molar-refractivity contribution in [2.24, 2.45) is 0 Å². The maximum Gasteiger partial charge on any atom is 0.165 e. The third-order valence-corrected chi connectivity index (χ3v) is 13.4. The molecule has 0 amide bonds. The van der Waals surface area contributed by atoms with Crippen molar-refractivity contribution in [1.29, 1.82) is 0 Å². The summed E-state index contributed by atoms with van der Waals surface area (Å²) in [4.78, 5) is 15.1. The number of nitrogens with zero attached hydrogens (tertiary/aromatic N) is 3. The quantitative estimate of drug-likeness (QED) is 0.175. The van der Waals surface area contributed by atoms with E-state index in [9.17, 15) is 0 Å². The molecule has 4 heterocycles. The standard InChI is InChI=1S/C51H29N3OS2/c1-3-13-30(14-4-1)49-52-50(31-15-5-2-6-16-31)54-51(53-49)40-22-12-20-37-35-26-25-32(29-45(35)57-48(37)40)33-27-41(46-39-18-7-9-23-42(39)55-43(46)28-33)38-21-11-19-36-34-17-8-10-24-44(34)56-47(36)38/h1-29H. The first kappa shape index (κ1) is 32.3. The molecule has 0 aliphatic heterocycles. The molecule has 0 atom stereocenters. The smallest absolute Gasteiger partial charge is 0.165 e. The van der Waals surface area contributed by atoms with Crippen LogP contribution in [0.5, 0.6) is 0 Å². The van der Waals surface area contributed by atoms with Gasteiger partial charge in [0.2, 0.25) is 0 Å². The Hall–Kier alpha value is -6.99. The largest absolute Gasteiger partial charge is 0.456 e. The minimum atomic E-state index is 0.656. The maximum atomic E-state index is 6.62. The van der Waals surface area contributed by atoms with E-state index in [1.807, 2.05) is 78.1 Å². The summed E-state index contributed by atoms with van der Waals surface area (Å²) in [5.74, 6) is 1.97. The van der Waals surface area contributed by atoms with Gasteiger partial charge in [0, 0.05) is 73.4 Å². The summed E-state index contributed by atoms with van der Waals surface area (Å²) in [6.07, 6.45) is 0. The fourth-order valence-corrected chi connectivity index (χ4v) is 10.8. The van der Waals surface area contributed by atoms with Gasteiger partial charge in [-0.15, -0.1) is 22.7 Å². The first-order valence-corrected chi connectivity index (χ1v) is 20.6. The summed E-state index contributed by atoms with van der Waals surface area (Å²) in [6.45, 7) is 0. The molecule has 0 bridgehead atoms. The molecule has 266 valence electrons. The third kappa shape index (κ3) is 5.22. The topological polar surface area (TPSA) is 51.8 Å². The molecule has 8 aromatic carbocycles. The van der Waals surface area contributed by atoms with Crippen LogP contribution in [0.1, 0.15) is 0 Å². The monoisotopic (exact) mass is 763 g/mol. The molecule has 0 radical (unpaired) electrons. The van der Waals surface area contributed by atoms with Gasteiger partial charge in [-0.1, -0.05) is 140 Å². The van der Waals surface area contributed by atoms with Crippen molar-refractivity contribution in [1.82, 2.24) is 15.0 Å². The highest BCUT2D eigenvalue weighted by atomic mass is 32.1. The first-order chi connectivity index (χ1) is 28.2. The Balaban J connectivity index is 1.05. The highest BCUT2D eigenvalue weighted by molar-refractivity contribution is 7.26. The summed E-state index contributed by atoms with van der Waals surface area (Å²) in [7, 11) is 0. The van der Waals surface area contributed by atoms with Gasteiger partial charge in [0.15, 0.2) is 17.5 Å². The van der Waals surface area contributed by atoms with Crippen molar-refractivity contribution in [2.45, 2.75) is 0 Å². The lowest BCUT2D eigenvalue weighted by molar-refractivity contribution is 0.669. The highest BCUT2D eigenvalue weighted by Gasteiger charge is 2.20. The van der Waals surface area contributed by atoms with Crippen LogP contribution < -0.4 is 0 Å². The van der Waals surface area contributed by atoms with Crippen molar-refractivity contribution in [3.8, 4) is 56.4 Å². The maximum absolute atomic E-state index is 6.62. The number of hydrogen-bond acceptors (Lipinski definition) is 6. The first-order valence-electron chi connectivity index (χ1n) is 18.9. The minimum absolute atomic E-state index is 0.656. The molecule has 0 saturated heterocycles. The van der Waals surface area contributed by atoms with Crippen molar-refractivity contribution in [3.05, 3.63) is 176 Å². The van der Waals surface area contributed by atoms with Crippen molar-refractivity contribution in [3.63, 3.8) is 0 Å². The zero-order chi connectivity index (χ0) is 37.5. The Kier molecular flexibility index (Phi) is 7.24. The number of benzene rings is 8. The summed E-state index contributed by atoms with van der Waals surface area (Å²) in [5.41, 5.74) is 9.35. The normalized spacial score (nSPS) is 11.9. The van der Waals surface area contributed by atoms with Gasteiger partial charge in [0.25, 0.3) is 0 Å². The van der Waals surface area contributed by atoms with E-state index in [0.717, 1.165) is 54.5 Å². The minimum Gasteiger partial charge on any atom is -0.456 e. The Morgan fingerprint density at radius 2 is 0.912 bits per heavy atom. The second-order valence-corrected chi connectivity index (χ2v) is 16.4. The average Bonchev–Trinajstić information content (AvgIpc) is 3.97. The molecule has 0 N–H and O–H groups in total. The summed E-state index contributed by atoms with van der Waals surface area (Å²) in [6, 6.07) is 62.0. The van der Waals surface area contributed by atoms with Crippen LogP contribution >= 0.6 is 22.7 Å². The average molecular weight is 764 g/mol. The van der Waals surface area contributed by atoms with Gasteiger partial charge in [0.1, 0.15) is 11.2 Å². The van der Waals surface area contributed by atoms with Gasteiger partial charge in [-0.3, -0.25) is 0 Å². The fraction of sp³-hybridized carbons (Fsp3) is 0. The van der Waals surface area contributed by atoms with Crippen LogP contribution in [-0.2, 0) is 0 Å². The van der Waals surface area contributed by atoms with E-state index in [2.05, 4.69) is 109 Å². The molecule has 0 saturated carbocycles. The second-order valence-electron chi connectivity index (χ2n) is 14.3. The molecule has 6 heteroatoms. The van der Waals surface area contributed by atoms with Crippen LogP contribution in [-0.4, -0.2) is 15.0 Å². The zero-order valence-corrected chi connectivity index (χ0v) is 31.9. The van der Waals surface area contributed by atoms with Crippen molar-refractivity contribution in [2.75, 3.05) is 0 Å². The predicted octanol–water partition coefficient (Wildman–Crippen LogP) is 14.8. The van der Waals surface area contributed by atoms with E-state index < -0.39 is 0 Å². The number of para-hydroxylation sites is 1. The number of rotatable bonds is 5. The number of thiophene rings is 2. The number of furan rings is 1. The van der Waals surface area contributed by atoms with E-state index in [4.69, 9.17) is 19.4 Å². The van der Waals surface area contributed by atoms with E-state index >= 15 is 0 Å². The fourth-order valence-electron chi connectivity index (χ4n) is 8.28. The van der Waals surface area contributed by atoms with Crippen molar-refractivity contribution >= 4 is 85.0 Å². The Morgan fingerprint density at radius 1 is 0.333 bits per heavy atom. The third-order valence-electron chi connectivity index (χ3n) is 10.9. The molecule has 12 rings (SSSR count). The van der Waals surface area contributed by atoms with Crippen LogP contribution in [0.2, 0.25) is 0 Å². The van der Waals surface area contributed by atoms with Crippen molar-refractivity contribution < 1.29 is 4.42 Å². The van der Waals surface area contributed by atoms with Gasteiger partial charge < -0.3 is 4.42 Å². The molecular weight excluding hydrogens is 735 g/mol.